The number of nitrogens with one attached hydrogen (secondary N) is 3. The molecule has 0 aromatic heterocycles. The number of hydrogen-bond donors (Lipinski definition) is 4. The van der Waals surface area contributed by atoms with Gasteiger partial charge < -0.3 is 25.5 Å². The van der Waals surface area contributed by atoms with Gasteiger partial charge in [0.2, 0.25) is 15.9 Å². The lowest BCUT2D eigenvalue weighted by atomic mass is 10.1. The lowest BCUT2D eigenvalue weighted by Gasteiger charge is -2.36. The lowest BCUT2D eigenvalue weighted by molar-refractivity contribution is -0.139. The van der Waals surface area contributed by atoms with Crippen LogP contribution in [0.15, 0.2) is 64.5 Å². The zero-order valence-electron chi connectivity index (χ0n) is 20.5. The molecule has 0 saturated carbocycles. The highest BCUT2D eigenvalue weighted by Gasteiger charge is 2.28. The summed E-state index contributed by atoms with van der Waals surface area (Å²) in [6.07, 6.45) is 0.823. The number of nitrogens with zero attached hydrogens (tertiary/aromatic N) is 3. The van der Waals surface area contributed by atoms with Crippen molar-refractivity contribution in [2.24, 2.45) is 4.99 Å². The van der Waals surface area contributed by atoms with Crippen molar-refractivity contribution in [3.05, 3.63) is 54.6 Å². The van der Waals surface area contributed by atoms with Crippen LogP contribution >= 0.6 is 0 Å². The first-order valence-electron chi connectivity index (χ1n) is 12.3. The molecule has 1 saturated heterocycles. The number of aliphatic carboxylic acids is 1. The molecule has 1 fully saturated rings. The van der Waals surface area contributed by atoms with E-state index in [1.54, 1.807) is 23.1 Å². The van der Waals surface area contributed by atoms with Crippen LogP contribution in [0.3, 0.4) is 0 Å². The summed E-state index contributed by atoms with van der Waals surface area (Å²) in [4.78, 5) is 32.8. The van der Waals surface area contributed by atoms with Crippen LogP contribution in [0.1, 0.15) is 19.3 Å². The van der Waals surface area contributed by atoms with Crippen LogP contribution in [0.4, 0.5) is 11.4 Å². The Kier molecular flexibility index (Phi) is 8.62. The summed E-state index contributed by atoms with van der Waals surface area (Å²) in [5, 5.41) is 16.1. The molecule has 198 valence electrons. The summed E-state index contributed by atoms with van der Waals surface area (Å²) < 4.78 is 27.2. The minimum Gasteiger partial charge on any atom is -0.480 e. The van der Waals surface area contributed by atoms with Gasteiger partial charge in [-0.3, -0.25) is 14.6 Å². The normalized spacial score (nSPS) is 16.9. The number of piperazine rings is 1. The number of amides is 1. The molecular weight excluding hydrogens is 496 g/mol. The Hall–Kier alpha value is -3.64. The average molecular weight is 529 g/mol. The summed E-state index contributed by atoms with van der Waals surface area (Å²) >= 11 is 0. The minimum atomic E-state index is -4.01. The Bertz CT molecular complexity index is 1230. The van der Waals surface area contributed by atoms with Crippen LogP contribution in [0.25, 0.3) is 0 Å². The highest BCUT2D eigenvalue weighted by molar-refractivity contribution is 7.89. The van der Waals surface area contributed by atoms with Gasteiger partial charge in [0.1, 0.15) is 6.04 Å². The van der Waals surface area contributed by atoms with Crippen molar-refractivity contribution < 1.29 is 23.1 Å². The number of carboxylic acids is 1. The predicted molar refractivity (Wildman–Crippen MR) is 141 cm³/mol. The molecule has 0 unspecified atom stereocenters. The van der Waals surface area contributed by atoms with Crippen molar-refractivity contribution in [1.29, 1.82) is 0 Å². The Morgan fingerprint density at radius 1 is 1.05 bits per heavy atom. The van der Waals surface area contributed by atoms with Crippen LogP contribution in [-0.2, 0) is 19.6 Å². The maximum Gasteiger partial charge on any atom is 0.321 e. The molecule has 12 heteroatoms. The molecular formula is C25H32N6O5S. The van der Waals surface area contributed by atoms with Crippen LogP contribution in [0, 0.1) is 0 Å². The molecule has 0 bridgehead atoms. The van der Waals surface area contributed by atoms with Gasteiger partial charge in [-0.05, 0) is 43.2 Å². The van der Waals surface area contributed by atoms with E-state index in [9.17, 15) is 23.1 Å². The maximum atomic E-state index is 12.8. The van der Waals surface area contributed by atoms with Gasteiger partial charge in [0.25, 0.3) is 0 Å². The van der Waals surface area contributed by atoms with Crippen LogP contribution in [0.2, 0.25) is 0 Å². The number of hydrogen-bond acceptors (Lipinski definition) is 8. The average Bonchev–Trinajstić information content (AvgIpc) is 2.92. The van der Waals surface area contributed by atoms with E-state index < -0.39 is 22.0 Å². The highest BCUT2D eigenvalue weighted by atomic mass is 32.2. The van der Waals surface area contributed by atoms with Gasteiger partial charge in [-0.15, -0.1) is 0 Å². The number of carbonyl (C=O) groups is 2. The van der Waals surface area contributed by atoms with Crippen molar-refractivity contribution in [2.75, 3.05) is 49.5 Å². The van der Waals surface area contributed by atoms with Crippen LogP contribution < -0.4 is 20.3 Å². The van der Waals surface area contributed by atoms with E-state index in [1.165, 1.54) is 12.1 Å². The smallest absolute Gasteiger partial charge is 0.321 e. The first-order chi connectivity index (χ1) is 17.8. The molecule has 1 atom stereocenters. The SMILES string of the molecule is O=C(O)[C@H](CCC(=O)N1CCN(c2cccc(NC3=NCCCN3)c2)CC1)NS(=O)(=O)c1ccccc1. The molecule has 4 rings (SSSR count). The number of carboxylic acid groups (broad SMARTS) is 1. The topological polar surface area (TPSA) is 143 Å². The standard InChI is InChI=1S/C25H32N6O5S/c32-23(11-10-22(24(33)34)29-37(35,36)21-8-2-1-3-9-21)31-16-14-30(15-17-31)20-7-4-6-19(18-20)28-25-26-12-5-13-27-25/h1-4,6-9,18,22,29H,5,10-17H2,(H,33,34)(H2,26,27,28)/t22-/m0/s1. The van der Waals surface area contributed by atoms with Gasteiger partial charge >= 0.3 is 5.97 Å². The summed E-state index contributed by atoms with van der Waals surface area (Å²) in [6.45, 7) is 3.97. The van der Waals surface area contributed by atoms with Crippen molar-refractivity contribution in [3.63, 3.8) is 0 Å². The molecule has 2 aromatic rings. The van der Waals surface area contributed by atoms with E-state index >= 15 is 0 Å². The second-order valence-corrected chi connectivity index (χ2v) is 10.6. The molecule has 0 spiro atoms. The Balaban J connectivity index is 1.28. The third kappa shape index (κ3) is 7.20. The van der Waals surface area contributed by atoms with Gasteiger partial charge in [-0.1, -0.05) is 24.3 Å². The number of anilines is 2. The zero-order chi connectivity index (χ0) is 26.3. The summed E-state index contributed by atoms with van der Waals surface area (Å²) in [7, 11) is -4.01. The van der Waals surface area contributed by atoms with E-state index in [-0.39, 0.29) is 23.6 Å². The van der Waals surface area contributed by atoms with Gasteiger partial charge in [-0.2, -0.15) is 4.72 Å². The first-order valence-corrected chi connectivity index (χ1v) is 13.8. The number of rotatable bonds is 9. The maximum absolute atomic E-state index is 12.8. The van der Waals surface area contributed by atoms with E-state index in [2.05, 4.69) is 25.2 Å². The van der Waals surface area contributed by atoms with Crippen molar-refractivity contribution in [1.82, 2.24) is 14.9 Å². The fourth-order valence-electron chi connectivity index (χ4n) is 4.26. The van der Waals surface area contributed by atoms with E-state index in [1.807, 2.05) is 24.3 Å². The second-order valence-electron chi connectivity index (χ2n) is 8.92. The van der Waals surface area contributed by atoms with Crippen molar-refractivity contribution >= 4 is 39.2 Å². The molecule has 2 aliphatic heterocycles. The molecule has 1 amide bonds. The third-order valence-electron chi connectivity index (χ3n) is 6.30. The van der Waals surface area contributed by atoms with Crippen LogP contribution in [-0.4, -0.2) is 81.6 Å². The molecule has 2 aromatic carbocycles. The molecule has 11 nitrogen and oxygen atoms in total. The summed E-state index contributed by atoms with van der Waals surface area (Å²) in [6, 6.07) is 14.2. The van der Waals surface area contributed by atoms with E-state index in [0.717, 1.165) is 36.8 Å². The number of sulfonamides is 1. The number of guanidine groups is 1. The quantitative estimate of drug-likeness (QED) is 0.382. The Labute approximate surface area is 216 Å². The Morgan fingerprint density at radius 3 is 2.49 bits per heavy atom. The number of carbonyl (C=O) groups excluding carboxylic acids is 1. The molecule has 4 N–H and O–H groups in total. The van der Waals surface area contributed by atoms with Gasteiger partial charge in [0, 0.05) is 57.1 Å². The zero-order valence-corrected chi connectivity index (χ0v) is 21.3. The lowest BCUT2D eigenvalue weighted by Crippen LogP contribution is -2.49. The van der Waals surface area contributed by atoms with Gasteiger partial charge in [-0.25, -0.2) is 8.42 Å². The fourth-order valence-corrected chi connectivity index (χ4v) is 5.51. The largest absolute Gasteiger partial charge is 0.480 e. The monoisotopic (exact) mass is 528 g/mol. The Morgan fingerprint density at radius 2 is 1.81 bits per heavy atom. The molecule has 37 heavy (non-hydrogen) atoms. The molecule has 2 heterocycles. The van der Waals surface area contributed by atoms with Crippen molar-refractivity contribution in [3.8, 4) is 0 Å². The molecule has 0 aliphatic carbocycles. The summed E-state index contributed by atoms with van der Waals surface area (Å²) in [5.41, 5.74) is 1.97. The fraction of sp³-hybridized carbons (Fsp3) is 0.400. The molecule has 2 aliphatic rings. The minimum absolute atomic E-state index is 0.0223. The van der Waals surface area contributed by atoms with Gasteiger partial charge in [0.05, 0.1) is 4.90 Å². The predicted octanol–water partition coefficient (Wildman–Crippen LogP) is 1.31. The van der Waals surface area contributed by atoms with E-state index in [4.69, 9.17) is 0 Å². The molecule has 0 radical (unpaired) electrons. The number of benzene rings is 2. The van der Waals surface area contributed by atoms with Gasteiger partial charge in [0.15, 0.2) is 5.96 Å². The van der Waals surface area contributed by atoms with Crippen LogP contribution in [0.5, 0.6) is 0 Å². The van der Waals surface area contributed by atoms with Crippen molar-refractivity contribution in [2.45, 2.75) is 30.2 Å². The second kappa shape index (κ2) is 12.1. The first kappa shape index (κ1) is 26.4. The third-order valence-corrected chi connectivity index (χ3v) is 7.79. The number of aliphatic imine (C=N–C) groups is 1. The highest BCUT2D eigenvalue weighted by Crippen LogP contribution is 2.21. The summed E-state index contributed by atoms with van der Waals surface area (Å²) in [5.74, 6) is -0.744. The van der Waals surface area contributed by atoms with E-state index in [0.29, 0.717) is 26.2 Å².